The van der Waals surface area contributed by atoms with Gasteiger partial charge in [0.1, 0.15) is 5.82 Å². The van der Waals surface area contributed by atoms with Crippen LogP contribution in [-0.2, 0) is 22.7 Å². The van der Waals surface area contributed by atoms with Crippen molar-refractivity contribution in [2.45, 2.75) is 17.6 Å². The summed E-state index contributed by atoms with van der Waals surface area (Å²) in [5, 5.41) is 2.46. The number of carbonyl (C=O) groups excluding carboxylic acids is 1. The van der Waals surface area contributed by atoms with Crippen LogP contribution >= 0.6 is 11.6 Å². The van der Waals surface area contributed by atoms with Gasteiger partial charge in [-0.25, -0.2) is 12.8 Å². The van der Waals surface area contributed by atoms with Crippen molar-refractivity contribution >= 4 is 33.2 Å². The first kappa shape index (κ1) is 23.6. The third-order valence-electron chi connectivity index (χ3n) is 4.28. The molecule has 0 radical (unpaired) electrons. The third kappa shape index (κ3) is 5.77. The lowest BCUT2D eigenvalue weighted by Gasteiger charge is -2.13. The molecule has 5 nitrogen and oxygen atoms in total. The van der Waals surface area contributed by atoms with E-state index in [0.29, 0.717) is 11.6 Å². The largest absolute Gasteiger partial charge is 0.416 e. The Morgan fingerprint density at radius 2 is 1.69 bits per heavy atom. The fraction of sp³-hybridized carbons (Fsp3) is 0.0952. The van der Waals surface area contributed by atoms with Crippen molar-refractivity contribution < 1.29 is 30.8 Å². The van der Waals surface area contributed by atoms with E-state index in [1.54, 1.807) is 6.07 Å². The van der Waals surface area contributed by atoms with Gasteiger partial charge in [0.2, 0.25) is 0 Å². The van der Waals surface area contributed by atoms with E-state index in [2.05, 4.69) is 10.0 Å². The fourth-order valence-corrected chi connectivity index (χ4v) is 4.02. The predicted octanol–water partition coefficient (Wildman–Crippen LogP) is 5.23. The highest BCUT2D eigenvalue weighted by molar-refractivity contribution is 7.92. The van der Waals surface area contributed by atoms with Crippen molar-refractivity contribution in [1.82, 2.24) is 5.32 Å². The highest BCUT2D eigenvalue weighted by atomic mass is 35.5. The number of carbonyl (C=O) groups is 1. The van der Waals surface area contributed by atoms with Crippen LogP contribution in [0.3, 0.4) is 0 Å². The van der Waals surface area contributed by atoms with Crippen LogP contribution in [0.1, 0.15) is 21.5 Å². The standard InChI is InChI=1S/C21H15ClF4N2O3S/c22-19-8-7-17(11-18(19)20(29)27-12-13-3-1-5-15(23)9-13)32(30,31)28-16-6-2-4-14(10-16)21(24,25)26/h1-11,28H,12H2,(H,27,29). The average Bonchev–Trinajstić information content (AvgIpc) is 2.71. The van der Waals surface area contributed by atoms with Gasteiger partial charge in [0.05, 0.1) is 21.0 Å². The van der Waals surface area contributed by atoms with E-state index in [0.717, 1.165) is 30.3 Å². The summed E-state index contributed by atoms with van der Waals surface area (Å²) in [6.45, 7) is -0.0353. The van der Waals surface area contributed by atoms with Crippen LogP contribution in [0.2, 0.25) is 5.02 Å². The van der Waals surface area contributed by atoms with Crippen molar-refractivity contribution in [3.63, 3.8) is 0 Å². The molecular weight excluding hydrogens is 472 g/mol. The maximum atomic E-state index is 13.3. The summed E-state index contributed by atoms with van der Waals surface area (Å²) in [6, 6.07) is 12.5. The van der Waals surface area contributed by atoms with Crippen LogP contribution in [0.15, 0.2) is 71.6 Å². The quantitative estimate of drug-likeness (QED) is 0.469. The Bertz CT molecular complexity index is 1260. The summed E-state index contributed by atoms with van der Waals surface area (Å²) in [4.78, 5) is 12.1. The van der Waals surface area contributed by atoms with Crippen molar-refractivity contribution in [3.05, 3.63) is 94.3 Å². The van der Waals surface area contributed by atoms with Crippen LogP contribution in [-0.4, -0.2) is 14.3 Å². The molecule has 0 atom stereocenters. The summed E-state index contributed by atoms with van der Waals surface area (Å²) in [7, 11) is -4.33. The minimum atomic E-state index is -4.64. The molecule has 0 saturated heterocycles. The first-order chi connectivity index (χ1) is 15.0. The molecular formula is C21H15ClF4N2O3S. The van der Waals surface area contributed by atoms with Crippen molar-refractivity contribution in [1.29, 1.82) is 0 Å². The molecule has 168 valence electrons. The van der Waals surface area contributed by atoms with Crippen LogP contribution in [0.5, 0.6) is 0 Å². The molecule has 11 heteroatoms. The third-order valence-corrected chi connectivity index (χ3v) is 5.99. The Labute approximate surface area is 186 Å². The number of nitrogens with one attached hydrogen (secondary N) is 2. The molecule has 3 aromatic rings. The number of rotatable bonds is 6. The Balaban J connectivity index is 1.81. The lowest BCUT2D eigenvalue weighted by atomic mass is 10.2. The zero-order chi connectivity index (χ0) is 23.5. The van der Waals surface area contributed by atoms with Gasteiger partial charge in [-0.1, -0.05) is 29.8 Å². The van der Waals surface area contributed by atoms with Gasteiger partial charge < -0.3 is 5.32 Å². The lowest BCUT2D eigenvalue weighted by Crippen LogP contribution is -2.24. The molecule has 0 aliphatic carbocycles. The molecule has 0 aliphatic heterocycles. The Morgan fingerprint density at radius 3 is 2.38 bits per heavy atom. The molecule has 0 unspecified atom stereocenters. The molecule has 3 aromatic carbocycles. The number of amides is 1. The van der Waals surface area contributed by atoms with Crippen molar-refractivity contribution in [2.75, 3.05) is 4.72 Å². The maximum Gasteiger partial charge on any atom is 0.416 e. The molecule has 2 N–H and O–H groups in total. The Kier molecular flexibility index (Phi) is 6.75. The molecule has 1 amide bonds. The molecule has 0 aromatic heterocycles. The number of benzene rings is 3. The first-order valence-electron chi connectivity index (χ1n) is 8.98. The van der Waals surface area contributed by atoms with Crippen molar-refractivity contribution in [2.24, 2.45) is 0 Å². The molecule has 3 rings (SSSR count). The van der Waals surface area contributed by atoms with Crippen LogP contribution in [0.4, 0.5) is 23.2 Å². The van der Waals surface area contributed by atoms with Gasteiger partial charge in [-0.2, -0.15) is 13.2 Å². The number of hydrogen-bond donors (Lipinski definition) is 2. The number of halogens is 5. The second-order valence-corrected chi connectivity index (χ2v) is 8.73. The zero-order valence-corrected chi connectivity index (χ0v) is 17.7. The molecule has 0 spiro atoms. The second kappa shape index (κ2) is 9.17. The van der Waals surface area contributed by atoms with Gasteiger partial charge in [-0.3, -0.25) is 9.52 Å². The van der Waals surface area contributed by atoms with Crippen molar-refractivity contribution in [3.8, 4) is 0 Å². The maximum absolute atomic E-state index is 13.3. The summed E-state index contributed by atoms with van der Waals surface area (Å²) >= 11 is 6.02. The second-order valence-electron chi connectivity index (χ2n) is 6.64. The van der Waals surface area contributed by atoms with E-state index >= 15 is 0 Å². The summed E-state index contributed by atoms with van der Waals surface area (Å²) in [5.41, 5.74) is -1.02. The smallest absolute Gasteiger partial charge is 0.348 e. The topological polar surface area (TPSA) is 75.3 Å². The Hall–Kier alpha value is -3.11. The number of anilines is 1. The van der Waals surface area contributed by atoms with Gasteiger partial charge >= 0.3 is 6.18 Å². The number of sulfonamides is 1. The van der Waals surface area contributed by atoms with E-state index in [9.17, 15) is 30.8 Å². The summed E-state index contributed by atoms with van der Waals surface area (Å²) in [6.07, 6.45) is -4.64. The van der Waals surface area contributed by atoms with Gasteiger partial charge in [-0.05, 0) is 54.1 Å². The van der Waals surface area contributed by atoms with Crippen LogP contribution in [0, 0.1) is 5.82 Å². The van der Waals surface area contributed by atoms with Gasteiger partial charge in [0.25, 0.3) is 15.9 Å². The summed E-state index contributed by atoms with van der Waals surface area (Å²) < 4.78 is 79.2. The van der Waals surface area contributed by atoms with E-state index < -0.39 is 33.5 Å². The van der Waals surface area contributed by atoms with E-state index in [1.807, 2.05) is 0 Å². The Morgan fingerprint density at radius 1 is 0.969 bits per heavy atom. The van der Waals surface area contributed by atoms with Gasteiger partial charge in [0, 0.05) is 12.2 Å². The van der Waals surface area contributed by atoms with Crippen LogP contribution in [0.25, 0.3) is 0 Å². The highest BCUT2D eigenvalue weighted by Gasteiger charge is 2.30. The molecule has 0 fully saturated rings. The van der Waals surface area contributed by atoms with E-state index in [1.165, 1.54) is 24.3 Å². The van der Waals surface area contributed by atoms with Crippen LogP contribution < -0.4 is 10.0 Å². The lowest BCUT2D eigenvalue weighted by molar-refractivity contribution is -0.137. The minimum absolute atomic E-state index is 0.0353. The minimum Gasteiger partial charge on any atom is -0.348 e. The fourth-order valence-electron chi connectivity index (χ4n) is 2.74. The zero-order valence-electron chi connectivity index (χ0n) is 16.1. The number of alkyl halides is 3. The molecule has 32 heavy (non-hydrogen) atoms. The first-order valence-corrected chi connectivity index (χ1v) is 10.8. The van der Waals surface area contributed by atoms with E-state index in [-0.39, 0.29) is 27.7 Å². The SMILES string of the molecule is O=C(NCc1cccc(F)c1)c1cc(S(=O)(=O)Nc2cccc(C(F)(F)F)c2)ccc1Cl. The number of hydrogen-bond acceptors (Lipinski definition) is 3. The van der Waals surface area contributed by atoms with Gasteiger partial charge in [0.15, 0.2) is 0 Å². The average molecular weight is 487 g/mol. The highest BCUT2D eigenvalue weighted by Crippen LogP contribution is 2.31. The molecule has 0 aliphatic rings. The van der Waals surface area contributed by atoms with Gasteiger partial charge in [-0.15, -0.1) is 0 Å². The molecule has 0 bridgehead atoms. The molecule has 0 saturated carbocycles. The predicted molar refractivity (Wildman–Crippen MR) is 111 cm³/mol. The summed E-state index contributed by atoms with van der Waals surface area (Å²) in [5.74, 6) is -1.20. The van der Waals surface area contributed by atoms with E-state index in [4.69, 9.17) is 11.6 Å². The normalized spacial score (nSPS) is 11.8. The monoisotopic (exact) mass is 486 g/mol. The molecule has 0 heterocycles.